The lowest BCUT2D eigenvalue weighted by molar-refractivity contribution is 0.328. The third kappa shape index (κ3) is 13.8. The molecule has 0 N–H and O–H groups in total. The highest BCUT2D eigenvalue weighted by molar-refractivity contribution is 7.57. The number of para-hydroxylation sites is 1. The summed E-state index contributed by atoms with van der Waals surface area (Å²) in [6.07, 6.45) is 0. The third-order valence-electron chi connectivity index (χ3n) is 1.79. The minimum absolute atomic E-state index is 0.560. The first-order valence-corrected chi connectivity index (χ1v) is 10.7. The fraction of sp³-hybridized carbons (Fsp3) is 0.538. The third-order valence-corrected chi connectivity index (χ3v) is 3.87. The molecule has 0 aliphatic heterocycles. The summed E-state index contributed by atoms with van der Waals surface area (Å²) in [4.78, 5) is 0. The Balaban J connectivity index is 0. The maximum Gasteiger partial charge on any atom is 0.375 e. The Hall–Kier alpha value is -0.600. The molecule has 1 rings (SSSR count). The van der Waals surface area contributed by atoms with Gasteiger partial charge in [-0.3, -0.25) is 4.57 Å². The SMILES string of the molecule is CC.COP(C)(=O)Oc1ccccc1.COP(C)(C)=O. The molecule has 0 saturated carbocycles. The molecule has 0 heterocycles. The number of rotatable bonds is 4. The molecule has 5 nitrogen and oxygen atoms in total. The smallest absolute Gasteiger partial charge is 0.375 e. The van der Waals surface area contributed by atoms with Crippen LogP contribution in [0.3, 0.4) is 0 Å². The number of hydrogen-bond acceptors (Lipinski definition) is 5. The van der Waals surface area contributed by atoms with Crippen LogP contribution < -0.4 is 4.52 Å². The first kappa shape index (κ1) is 21.7. The van der Waals surface area contributed by atoms with Crippen molar-refractivity contribution < 1.29 is 22.7 Å². The Kier molecular flexibility index (Phi) is 12.0. The van der Waals surface area contributed by atoms with Gasteiger partial charge in [0.1, 0.15) is 5.75 Å². The Morgan fingerprint density at radius 2 is 1.25 bits per heavy atom. The topological polar surface area (TPSA) is 61.8 Å². The molecule has 7 heteroatoms. The monoisotopic (exact) mass is 324 g/mol. The van der Waals surface area contributed by atoms with Crippen molar-refractivity contribution in [2.24, 2.45) is 0 Å². The highest BCUT2D eigenvalue weighted by Crippen LogP contribution is 2.42. The van der Waals surface area contributed by atoms with E-state index in [4.69, 9.17) is 4.52 Å². The number of hydrogen-bond donors (Lipinski definition) is 0. The Morgan fingerprint density at radius 3 is 1.55 bits per heavy atom. The maximum atomic E-state index is 11.3. The second-order valence-corrected chi connectivity index (χ2v) is 8.75. The lowest BCUT2D eigenvalue weighted by Gasteiger charge is -2.11. The van der Waals surface area contributed by atoms with Crippen LogP contribution in [0, 0.1) is 0 Å². The molecular formula is C13H26O5P2. The van der Waals surface area contributed by atoms with Crippen molar-refractivity contribution in [3.05, 3.63) is 30.3 Å². The van der Waals surface area contributed by atoms with Gasteiger partial charge < -0.3 is 13.6 Å². The minimum atomic E-state index is -2.90. The molecule has 0 bridgehead atoms. The quantitative estimate of drug-likeness (QED) is 0.749. The van der Waals surface area contributed by atoms with Crippen LogP contribution in [-0.2, 0) is 18.2 Å². The van der Waals surface area contributed by atoms with Gasteiger partial charge >= 0.3 is 7.60 Å². The molecule has 0 aliphatic carbocycles. The van der Waals surface area contributed by atoms with Gasteiger partial charge in [-0.2, -0.15) is 0 Å². The fourth-order valence-electron chi connectivity index (χ4n) is 0.710. The normalized spacial score (nSPS) is 12.9. The molecule has 118 valence electrons. The predicted molar refractivity (Wildman–Crippen MR) is 85.4 cm³/mol. The zero-order chi connectivity index (χ0) is 16.2. The summed E-state index contributed by atoms with van der Waals surface area (Å²) < 4.78 is 35.9. The lowest BCUT2D eigenvalue weighted by atomic mass is 10.3. The molecule has 0 aromatic heterocycles. The predicted octanol–water partition coefficient (Wildman–Crippen LogP) is 4.73. The summed E-state index contributed by atoms with van der Waals surface area (Å²) in [7, 11) is -2.23. The van der Waals surface area contributed by atoms with Crippen molar-refractivity contribution in [3.63, 3.8) is 0 Å². The first-order chi connectivity index (χ1) is 9.20. The van der Waals surface area contributed by atoms with E-state index in [9.17, 15) is 9.13 Å². The zero-order valence-electron chi connectivity index (χ0n) is 13.3. The molecule has 0 radical (unpaired) electrons. The summed E-state index contributed by atoms with van der Waals surface area (Å²) in [5.74, 6) is 0.560. The van der Waals surface area contributed by atoms with Crippen LogP contribution in [0.5, 0.6) is 5.75 Å². The Morgan fingerprint density at radius 1 is 0.850 bits per heavy atom. The van der Waals surface area contributed by atoms with Crippen molar-refractivity contribution in [2.45, 2.75) is 13.8 Å². The van der Waals surface area contributed by atoms with E-state index in [0.717, 1.165) is 0 Å². The second kappa shape index (κ2) is 11.1. The molecule has 0 amide bonds. The molecule has 20 heavy (non-hydrogen) atoms. The van der Waals surface area contributed by atoms with Gasteiger partial charge in [-0.05, 0) is 12.1 Å². The van der Waals surface area contributed by atoms with E-state index in [-0.39, 0.29) is 0 Å². The molecule has 1 aromatic rings. The van der Waals surface area contributed by atoms with Crippen molar-refractivity contribution in [1.29, 1.82) is 0 Å². The second-order valence-electron chi connectivity index (χ2n) is 3.79. The summed E-state index contributed by atoms with van der Waals surface area (Å²) in [5.41, 5.74) is 0. The summed E-state index contributed by atoms with van der Waals surface area (Å²) >= 11 is 0. The first-order valence-electron chi connectivity index (χ1n) is 6.19. The van der Waals surface area contributed by atoms with Crippen molar-refractivity contribution in [1.82, 2.24) is 0 Å². The van der Waals surface area contributed by atoms with Gasteiger partial charge in [-0.1, -0.05) is 32.0 Å². The van der Waals surface area contributed by atoms with Crippen molar-refractivity contribution >= 4 is 15.0 Å². The molecule has 0 aliphatic rings. The molecule has 0 saturated heterocycles. The fourth-order valence-corrected chi connectivity index (χ4v) is 1.29. The van der Waals surface area contributed by atoms with E-state index < -0.39 is 15.0 Å². The van der Waals surface area contributed by atoms with Gasteiger partial charge in [-0.15, -0.1) is 0 Å². The average Bonchev–Trinajstić information content (AvgIpc) is 2.42. The molecule has 1 unspecified atom stereocenters. The highest BCUT2D eigenvalue weighted by Gasteiger charge is 2.15. The van der Waals surface area contributed by atoms with Gasteiger partial charge in [-0.25, -0.2) is 4.57 Å². The van der Waals surface area contributed by atoms with Gasteiger partial charge in [0, 0.05) is 34.2 Å². The van der Waals surface area contributed by atoms with E-state index >= 15 is 0 Å². The minimum Gasteiger partial charge on any atom is -0.425 e. The molecule has 0 spiro atoms. The molecule has 1 atom stereocenters. The van der Waals surface area contributed by atoms with E-state index in [2.05, 4.69) is 9.05 Å². The van der Waals surface area contributed by atoms with Crippen LogP contribution in [0.25, 0.3) is 0 Å². The van der Waals surface area contributed by atoms with Crippen LogP contribution in [0.4, 0.5) is 0 Å². The standard InChI is InChI=1S/C8H11O3P.C3H9O2P.C2H6/c1-10-12(2,9)11-8-6-4-3-5-7-8;1-5-6(2,3)4;1-2/h3-7H,1-2H3;1-3H3;1-2H3. The van der Waals surface area contributed by atoms with E-state index in [1.165, 1.54) is 20.9 Å². The number of benzene rings is 1. The van der Waals surface area contributed by atoms with E-state index in [1.54, 1.807) is 25.5 Å². The average molecular weight is 324 g/mol. The highest BCUT2D eigenvalue weighted by atomic mass is 31.2. The van der Waals surface area contributed by atoms with Crippen molar-refractivity contribution in [2.75, 3.05) is 34.2 Å². The zero-order valence-corrected chi connectivity index (χ0v) is 15.1. The Labute approximate surface area is 122 Å². The van der Waals surface area contributed by atoms with E-state index in [1.807, 2.05) is 32.0 Å². The summed E-state index contributed by atoms with van der Waals surface area (Å²) in [6.45, 7) is 8.58. The van der Waals surface area contributed by atoms with Gasteiger partial charge in [0.05, 0.1) is 0 Å². The van der Waals surface area contributed by atoms with Crippen LogP contribution in [0.1, 0.15) is 13.8 Å². The molecular weight excluding hydrogens is 298 g/mol. The van der Waals surface area contributed by atoms with Crippen LogP contribution in [-0.4, -0.2) is 34.2 Å². The van der Waals surface area contributed by atoms with Crippen LogP contribution in [0.2, 0.25) is 0 Å². The van der Waals surface area contributed by atoms with Crippen LogP contribution >= 0.6 is 15.0 Å². The van der Waals surface area contributed by atoms with Crippen LogP contribution in [0.15, 0.2) is 30.3 Å². The van der Waals surface area contributed by atoms with Gasteiger partial charge in [0.15, 0.2) is 7.37 Å². The lowest BCUT2D eigenvalue weighted by Crippen LogP contribution is -1.92. The van der Waals surface area contributed by atoms with Crippen molar-refractivity contribution in [3.8, 4) is 5.75 Å². The summed E-state index contributed by atoms with van der Waals surface area (Å²) in [6, 6.07) is 8.95. The van der Waals surface area contributed by atoms with Gasteiger partial charge in [0.25, 0.3) is 0 Å². The van der Waals surface area contributed by atoms with Gasteiger partial charge in [0.2, 0.25) is 0 Å². The Bertz CT molecular complexity index is 428. The largest absolute Gasteiger partial charge is 0.425 e. The maximum absolute atomic E-state index is 11.3. The molecule has 0 fully saturated rings. The van der Waals surface area contributed by atoms with E-state index in [0.29, 0.717) is 5.75 Å². The molecule has 1 aromatic carbocycles. The summed E-state index contributed by atoms with van der Waals surface area (Å²) in [5, 5.41) is 0.